The van der Waals surface area contributed by atoms with Crippen molar-refractivity contribution in [2.45, 2.75) is 97.3 Å². The molecule has 0 saturated carbocycles. The van der Waals surface area contributed by atoms with E-state index in [4.69, 9.17) is 11.6 Å². The van der Waals surface area contributed by atoms with E-state index in [2.05, 4.69) is 62.6 Å². The highest BCUT2D eigenvalue weighted by atomic mass is 35.5. The Morgan fingerprint density at radius 3 is 2.07 bits per heavy atom. The second-order valence-electron chi connectivity index (χ2n) is 7.45. The normalized spacial score (nSPS) is 15.6. The van der Waals surface area contributed by atoms with Gasteiger partial charge in [-0.15, -0.1) is 11.6 Å². The van der Waals surface area contributed by atoms with Crippen LogP contribution in [0.25, 0.3) is 0 Å². The molecule has 1 aromatic carbocycles. The van der Waals surface area contributed by atoms with Crippen LogP contribution in [0.4, 0.5) is 5.69 Å². The van der Waals surface area contributed by atoms with E-state index in [0.29, 0.717) is 5.38 Å². The van der Waals surface area contributed by atoms with Crippen LogP contribution in [-0.2, 0) is 0 Å². The van der Waals surface area contributed by atoms with Crippen LogP contribution in [0.1, 0.15) is 97.5 Å². The fraction of sp³-hybridized carbons (Fsp3) is 0.750. The summed E-state index contributed by atoms with van der Waals surface area (Å²) in [5, 5.41) is 7.20. The summed E-state index contributed by atoms with van der Waals surface area (Å²) in [4.78, 5) is 0. The Labute approximate surface area is 174 Å². The van der Waals surface area contributed by atoms with Crippen LogP contribution in [0, 0.1) is 0 Å². The number of para-hydroxylation sites is 1. The van der Waals surface area contributed by atoms with Gasteiger partial charge in [0.05, 0.1) is 0 Å². The molecule has 27 heavy (non-hydrogen) atoms. The fourth-order valence-corrected chi connectivity index (χ4v) is 2.79. The molecule has 2 atom stereocenters. The lowest BCUT2D eigenvalue weighted by molar-refractivity contribution is 0.611. The van der Waals surface area contributed by atoms with Gasteiger partial charge in [0.15, 0.2) is 0 Å². The Hall–Kier alpha value is -0.730. The molecule has 0 spiro atoms. The fourth-order valence-electron chi connectivity index (χ4n) is 2.79. The van der Waals surface area contributed by atoms with E-state index in [9.17, 15) is 0 Å². The van der Waals surface area contributed by atoms with Gasteiger partial charge in [0.25, 0.3) is 0 Å². The zero-order valence-electron chi connectivity index (χ0n) is 18.6. The topological polar surface area (TPSA) is 24.1 Å². The average Bonchev–Trinajstić information content (AvgIpc) is 3.10. The van der Waals surface area contributed by atoms with Gasteiger partial charge in [-0.2, -0.15) is 0 Å². The Kier molecular flexibility index (Phi) is 18.1. The van der Waals surface area contributed by atoms with E-state index in [1.165, 1.54) is 69.3 Å². The second kappa shape index (κ2) is 18.6. The Balaban J connectivity index is 0.000000423. The highest BCUT2D eigenvalue weighted by molar-refractivity contribution is 6.20. The molecule has 0 aromatic heterocycles. The van der Waals surface area contributed by atoms with Crippen molar-refractivity contribution in [3.63, 3.8) is 0 Å². The molecule has 2 rings (SSSR count). The van der Waals surface area contributed by atoms with Gasteiger partial charge in [-0.3, -0.25) is 0 Å². The summed E-state index contributed by atoms with van der Waals surface area (Å²) in [5.41, 5.74) is 2.87. The van der Waals surface area contributed by atoms with Crippen molar-refractivity contribution in [3.8, 4) is 0 Å². The molecule has 0 fully saturated rings. The predicted molar refractivity (Wildman–Crippen MR) is 125 cm³/mol. The predicted octanol–water partition coefficient (Wildman–Crippen LogP) is 7.59. The van der Waals surface area contributed by atoms with E-state index in [1.807, 2.05) is 6.92 Å². The maximum absolute atomic E-state index is 5.46. The van der Waals surface area contributed by atoms with E-state index >= 15 is 0 Å². The molecule has 1 aliphatic rings. The summed E-state index contributed by atoms with van der Waals surface area (Å²) >= 11 is 5.46. The van der Waals surface area contributed by atoms with Crippen LogP contribution in [0.3, 0.4) is 0 Å². The molecule has 0 aliphatic carbocycles. The highest BCUT2D eigenvalue weighted by Gasteiger charge is 2.20. The summed E-state index contributed by atoms with van der Waals surface area (Å²) in [6.45, 7) is 14.3. The van der Waals surface area contributed by atoms with Crippen molar-refractivity contribution in [3.05, 3.63) is 29.8 Å². The Morgan fingerprint density at radius 1 is 1.00 bits per heavy atom. The maximum Gasteiger partial charge on any atom is 0.0376 e. The molecule has 2 nitrogen and oxygen atoms in total. The number of anilines is 1. The number of hydrogen-bond acceptors (Lipinski definition) is 2. The van der Waals surface area contributed by atoms with Crippen molar-refractivity contribution in [1.29, 1.82) is 0 Å². The number of nitrogens with one attached hydrogen (secondary N) is 2. The van der Waals surface area contributed by atoms with Crippen molar-refractivity contribution < 1.29 is 0 Å². The number of alkyl halides is 1. The lowest BCUT2D eigenvalue weighted by Gasteiger charge is -2.08. The first-order valence-electron chi connectivity index (χ1n) is 11.3. The minimum atomic E-state index is 0.356. The average molecular weight is 397 g/mol. The zero-order valence-corrected chi connectivity index (χ0v) is 19.4. The number of fused-ring (bicyclic) bond motifs is 1. The third kappa shape index (κ3) is 14.0. The molecular weight excluding hydrogens is 352 g/mol. The zero-order chi connectivity index (χ0) is 20.3. The molecule has 0 bridgehead atoms. The standard InChI is InChI=1S/C12H17N.C8H19N.C4H9Cl/c1-2-3-6-10-9-13-12-8-5-4-7-11(10)12;1-3-5-7-9-8-6-4-2;1-3-4(2)5/h4-5,7-8,10,13H,2-3,6,9H2,1H3;9H,3-8H2,1-2H3;4H,3H2,1-2H3. The molecule has 0 radical (unpaired) electrons. The van der Waals surface area contributed by atoms with E-state index in [-0.39, 0.29) is 0 Å². The molecule has 158 valence electrons. The van der Waals surface area contributed by atoms with Crippen LogP contribution < -0.4 is 10.6 Å². The van der Waals surface area contributed by atoms with Crippen molar-refractivity contribution in [2.24, 2.45) is 0 Å². The summed E-state index contributed by atoms with van der Waals surface area (Å²) in [6.07, 6.45) is 10.3. The minimum absolute atomic E-state index is 0.356. The number of rotatable bonds is 10. The quantitative estimate of drug-likeness (QED) is 0.314. The minimum Gasteiger partial charge on any atom is -0.384 e. The molecule has 0 amide bonds. The van der Waals surface area contributed by atoms with Crippen LogP contribution in [0.15, 0.2) is 24.3 Å². The largest absolute Gasteiger partial charge is 0.384 e. The van der Waals surface area contributed by atoms with Crippen molar-refractivity contribution >= 4 is 17.3 Å². The molecule has 1 aliphatic heterocycles. The van der Waals surface area contributed by atoms with Gasteiger partial charge in [-0.05, 0) is 57.3 Å². The summed E-state index contributed by atoms with van der Waals surface area (Å²) in [5.74, 6) is 0.760. The molecule has 2 unspecified atom stereocenters. The first-order valence-corrected chi connectivity index (χ1v) is 11.7. The Bertz CT molecular complexity index is 428. The first-order chi connectivity index (χ1) is 13.1. The molecule has 1 aromatic rings. The Morgan fingerprint density at radius 2 is 1.56 bits per heavy atom. The van der Waals surface area contributed by atoms with Gasteiger partial charge in [-0.1, -0.05) is 71.6 Å². The molecule has 0 saturated heterocycles. The lowest BCUT2D eigenvalue weighted by atomic mass is 9.96. The maximum atomic E-state index is 5.46. The van der Waals surface area contributed by atoms with Crippen molar-refractivity contribution in [2.75, 3.05) is 25.0 Å². The summed E-state index contributed by atoms with van der Waals surface area (Å²) < 4.78 is 0. The van der Waals surface area contributed by atoms with Gasteiger partial charge >= 0.3 is 0 Å². The lowest BCUT2D eigenvalue weighted by Crippen LogP contribution is -2.15. The third-order valence-corrected chi connectivity index (χ3v) is 5.13. The van der Waals surface area contributed by atoms with Gasteiger partial charge in [0, 0.05) is 23.5 Å². The van der Waals surface area contributed by atoms with E-state index in [0.717, 1.165) is 18.9 Å². The first kappa shape index (κ1) is 26.3. The monoisotopic (exact) mass is 396 g/mol. The van der Waals surface area contributed by atoms with Gasteiger partial charge in [0.2, 0.25) is 0 Å². The van der Waals surface area contributed by atoms with E-state index in [1.54, 1.807) is 0 Å². The number of halogens is 1. The van der Waals surface area contributed by atoms with Gasteiger partial charge in [0.1, 0.15) is 0 Å². The highest BCUT2D eigenvalue weighted by Crippen LogP contribution is 2.33. The van der Waals surface area contributed by atoms with Crippen LogP contribution in [0.5, 0.6) is 0 Å². The van der Waals surface area contributed by atoms with Crippen LogP contribution in [0.2, 0.25) is 0 Å². The molecule has 3 heteroatoms. The molecular formula is C24H45ClN2. The van der Waals surface area contributed by atoms with Gasteiger partial charge in [-0.25, -0.2) is 0 Å². The van der Waals surface area contributed by atoms with Crippen LogP contribution >= 0.6 is 11.6 Å². The smallest absolute Gasteiger partial charge is 0.0376 e. The van der Waals surface area contributed by atoms with E-state index < -0.39 is 0 Å². The second-order valence-corrected chi connectivity index (χ2v) is 8.20. The molecule has 2 N–H and O–H groups in total. The number of hydrogen-bond donors (Lipinski definition) is 2. The number of benzene rings is 1. The SMILES string of the molecule is CCC(C)Cl.CCCCC1CNc2ccccc21.CCCCNCCCC. The summed E-state index contributed by atoms with van der Waals surface area (Å²) in [7, 11) is 0. The number of unbranched alkanes of at least 4 members (excludes halogenated alkanes) is 3. The van der Waals surface area contributed by atoms with Crippen LogP contribution in [-0.4, -0.2) is 25.0 Å². The third-order valence-electron chi connectivity index (χ3n) is 4.82. The van der Waals surface area contributed by atoms with Crippen molar-refractivity contribution in [1.82, 2.24) is 5.32 Å². The summed E-state index contributed by atoms with van der Waals surface area (Å²) in [6, 6.07) is 8.69. The van der Waals surface area contributed by atoms with Gasteiger partial charge < -0.3 is 10.6 Å². The molecule has 1 heterocycles.